The number of hydrazine groups is 1. The molecule has 0 aromatic heterocycles. The maximum absolute atomic E-state index is 12.1. The zero-order chi connectivity index (χ0) is 20.9. The van der Waals surface area contributed by atoms with Crippen molar-refractivity contribution in [2.24, 2.45) is 0 Å². The molecule has 0 saturated carbocycles. The van der Waals surface area contributed by atoms with Gasteiger partial charge in [0.1, 0.15) is 0 Å². The number of nitrogens with zero attached hydrogens (tertiary/aromatic N) is 1. The number of sulfonamides is 1. The van der Waals surface area contributed by atoms with E-state index in [1.807, 2.05) is 32.0 Å². The van der Waals surface area contributed by atoms with Crippen molar-refractivity contribution in [3.8, 4) is 0 Å². The highest BCUT2D eigenvalue weighted by molar-refractivity contribution is 7.89. The second kappa shape index (κ2) is 8.85. The van der Waals surface area contributed by atoms with Crippen LogP contribution in [0.5, 0.6) is 0 Å². The molecular weight excluding hydrogens is 380 g/mol. The van der Waals surface area contributed by atoms with Crippen molar-refractivity contribution < 1.29 is 18.0 Å². The second-order valence-electron chi connectivity index (χ2n) is 6.49. The number of anilines is 1. The van der Waals surface area contributed by atoms with Crippen LogP contribution in [0.15, 0.2) is 47.4 Å². The minimum Gasteiger partial charge on any atom is -0.376 e. The molecule has 0 aliphatic heterocycles. The number of carbonyl (C=O) groups excluding carboxylic acids is 2. The molecule has 0 spiro atoms. The normalized spacial score (nSPS) is 11.2. The van der Waals surface area contributed by atoms with E-state index in [4.69, 9.17) is 0 Å². The van der Waals surface area contributed by atoms with Gasteiger partial charge in [-0.2, -0.15) is 0 Å². The Hall–Kier alpha value is -2.91. The molecule has 0 radical (unpaired) electrons. The summed E-state index contributed by atoms with van der Waals surface area (Å²) in [7, 11) is -0.705. The van der Waals surface area contributed by atoms with Crippen LogP contribution in [0.3, 0.4) is 0 Å². The van der Waals surface area contributed by atoms with Crippen molar-refractivity contribution in [1.82, 2.24) is 15.2 Å². The van der Waals surface area contributed by atoms with E-state index in [0.29, 0.717) is 0 Å². The van der Waals surface area contributed by atoms with Gasteiger partial charge in [0, 0.05) is 25.3 Å². The van der Waals surface area contributed by atoms with E-state index in [-0.39, 0.29) is 17.0 Å². The summed E-state index contributed by atoms with van der Waals surface area (Å²) in [5.41, 5.74) is 7.83. The lowest BCUT2D eigenvalue weighted by Gasteiger charge is -2.12. The SMILES string of the molecule is Cc1ccc(NCC(=O)NNC(=O)c2ccc(S(=O)(=O)N(C)C)cc2)c(C)c1. The van der Waals surface area contributed by atoms with Crippen LogP contribution in [0.25, 0.3) is 0 Å². The first-order chi connectivity index (χ1) is 13.1. The lowest BCUT2D eigenvalue weighted by molar-refractivity contribution is -0.120. The molecule has 0 aliphatic rings. The fraction of sp³-hybridized carbons (Fsp3) is 0.263. The second-order valence-corrected chi connectivity index (χ2v) is 8.64. The summed E-state index contributed by atoms with van der Waals surface area (Å²) in [6.45, 7) is 3.92. The van der Waals surface area contributed by atoms with Gasteiger partial charge in [0.05, 0.1) is 11.4 Å². The molecule has 0 atom stereocenters. The van der Waals surface area contributed by atoms with Gasteiger partial charge in [-0.25, -0.2) is 12.7 Å². The van der Waals surface area contributed by atoms with E-state index < -0.39 is 21.8 Å². The van der Waals surface area contributed by atoms with Crippen LogP contribution in [0.2, 0.25) is 0 Å². The minimum absolute atomic E-state index is 0.00973. The number of benzene rings is 2. The number of hydrogen-bond donors (Lipinski definition) is 3. The van der Waals surface area contributed by atoms with Crippen LogP contribution in [0.4, 0.5) is 5.69 Å². The Balaban J connectivity index is 1.88. The molecule has 2 rings (SSSR count). The van der Waals surface area contributed by atoms with E-state index in [1.165, 1.54) is 38.4 Å². The Morgan fingerprint density at radius 2 is 1.61 bits per heavy atom. The monoisotopic (exact) mass is 404 g/mol. The predicted octanol–water partition coefficient (Wildman–Crippen LogP) is 1.43. The van der Waals surface area contributed by atoms with Crippen LogP contribution in [-0.4, -0.2) is 45.2 Å². The number of carbonyl (C=O) groups is 2. The highest BCUT2D eigenvalue weighted by Gasteiger charge is 2.17. The highest BCUT2D eigenvalue weighted by Crippen LogP contribution is 2.15. The standard InChI is InChI=1S/C19H24N4O4S/c1-13-5-10-17(14(2)11-13)20-12-18(24)21-22-19(25)15-6-8-16(9-7-15)28(26,27)23(3)4/h5-11,20H,12H2,1-4H3,(H,21,24)(H,22,25). The summed E-state index contributed by atoms with van der Waals surface area (Å²) in [5, 5.41) is 3.00. The Morgan fingerprint density at radius 1 is 0.964 bits per heavy atom. The Morgan fingerprint density at radius 3 is 2.18 bits per heavy atom. The molecule has 2 aromatic rings. The van der Waals surface area contributed by atoms with Gasteiger partial charge in [-0.05, 0) is 49.7 Å². The first-order valence-electron chi connectivity index (χ1n) is 8.54. The third-order valence-corrected chi connectivity index (χ3v) is 5.86. The summed E-state index contributed by atoms with van der Waals surface area (Å²) in [5.74, 6) is -0.964. The molecule has 0 heterocycles. The average molecular weight is 404 g/mol. The predicted molar refractivity (Wildman–Crippen MR) is 107 cm³/mol. The van der Waals surface area contributed by atoms with Gasteiger partial charge in [0.25, 0.3) is 11.8 Å². The van der Waals surface area contributed by atoms with E-state index in [1.54, 1.807) is 0 Å². The molecule has 0 fully saturated rings. The van der Waals surface area contributed by atoms with Gasteiger partial charge < -0.3 is 5.32 Å². The Labute approximate surface area is 165 Å². The van der Waals surface area contributed by atoms with Crippen molar-refractivity contribution in [3.05, 3.63) is 59.2 Å². The van der Waals surface area contributed by atoms with E-state index in [0.717, 1.165) is 21.1 Å². The molecule has 2 amide bonds. The maximum Gasteiger partial charge on any atom is 0.269 e. The van der Waals surface area contributed by atoms with E-state index >= 15 is 0 Å². The van der Waals surface area contributed by atoms with Crippen LogP contribution < -0.4 is 16.2 Å². The topological polar surface area (TPSA) is 108 Å². The zero-order valence-corrected chi connectivity index (χ0v) is 17.1. The number of hydrogen-bond acceptors (Lipinski definition) is 5. The number of aryl methyl sites for hydroxylation is 2. The Kier molecular flexibility index (Phi) is 6.76. The van der Waals surface area contributed by atoms with Gasteiger partial charge in [0.15, 0.2) is 0 Å². The van der Waals surface area contributed by atoms with Crippen molar-refractivity contribution in [3.63, 3.8) is 0 Å². The molecule has 28 heavy (non-hydrogen) atoms. The third kappa shape index (κ3) is 5.30. The molecule has 0 bridgehead atoms. The molecule has 0 saturated heterocycles. The zero-order valence-electron chi connectivity index (χ0n) is 16.2. The largest absolute Gasteiger partial charge is 0.376 e. The molecule has 150 valence electrons. The van der Waals surface area contributed by atoms with Gasteiger partial charge >= 0.3 is 0 Å². The molecule has 0 aliphatic carbocycles. The van der Waals surface area contributed by atoms with Crippen LogP contribution in [0, 0.1) is 13.8 Å². The van der Waals surface area contributed by atoms with Crippen molar-refractivity contribution in [2.45, 2.75) is 18.7 Å². The molecule has 3 N–H and O–H groups in total. The molecule has 9 heteroatoms. The van der Waals surface area contributed by atoms with Crippen LogP contribution in [-0.2, 0) is 14.8 Å². The van der Waals surface area contributed by atoms with Crippen LogP contribution in [0.1, 0.15) is 21.5 Å². The van der Waals surface area contributed by atoms with Crippen molar-refractivity contribution in [1.29, 1.82) is 0 Å². The average Bonchev–Trinajstić information content (AvgIpc) is 2.65. The van der Waals surface area contributed by atoms with E-state index in [2.05, 4.69) is 16.2 Å². The van der Waals surface area contributed by atoms with Gasteiger partial charge in [-0.3, -0.25) is 20.4 Å². The fourth-order valence-electron chi connectivity index (χ4n) is 2.42. The third-order valence-electron chi connectivity index (χ3n) is 4.03. The molecular formula is C19H24N4O4S. The number of amides is 2. The quantitative estimate of drug-likeness (QED) is 0.632. The minimum atomic E-state index is -3.56. The molecule has 2 aromatic carbocycles. The summed E-state index contributed by atoms with van der Waals surface area (Å²) < 4.78 is 25.1. The van der Waals surface area contributed by atoms with Gasteiger partial charge in [-0.1, -0.05) is 17.7 Å². The molecule has 8 nitrogen and oxygen atoms in total. The molecule has 0 unspecified atom stereocenters. The summed E-state index contributed by atoms with van der Waals surface area (Å²) in [6.07, 6.45) is 0. The Bertz CT molecular complexity index is 970. The van der Waals surface area contributed by atoms with Crippen molar-refractivity contribution in [2.75, 3.05) is 26.0 Å². The maximum atomic E-state index is 12.1. The summed E-state index contributed by atoms with van der Waals surface area (Å²) in [4.78, 5) is 24.1. The van der Waals surface area contributed by atoms with Gasteiger partial charge in [0.2, 0.25) is 10.0 Å². The number of rotatable bonds is 6. The van der Waals surface area contributed by atoms with Gasteiger partial charge in [-0.15, -0.1) is 0 Å². The fourth-order valence-corrected chi connectivity index (χ4v) is 3.32. The van der Waals surface area contributed by atoms with Crippen LogP contribution >= 0.6 is 0 Å². The summed E-state index contributed by atoms with van der Waals surface area (Å²) >= 11 is 0. The first kappa shape index (κ1) is 21.4. The first-order valence-corrected chi connectivity index (χ1v) is 9.98. The lowest BCUT2D eigenvalue weighted by Crippen LogP contribution is -2.44. The lowest BCUT2D eigenvalue weighted by atomic mass is 10.1. The smallest absolute Gasteiger partial charge is 0.269 e. The number of nitrogens with one attached hydrogen (secondary N) is 3. The highest BCUT2D eigenvalue weighted by atomic mass is 32.2. The summed E-state index contributed by atoms with van der Waals surface area (Å²) in [6, 6.07) is 11.3. The van der Waals surface area contributed by atoms with Crippen molar-refractivity contribution >= 4 is 27.5 Å². The van der Waals surface area contributed by atoms with E-state index in [9.17, 15) is 18.0 Å².